The molecule has 1 saturated heterocycles. The van der Waals surface area contributed by atoms with Crippen molar-refractivity contribution >= 4 is 16.8 Å². The average Bonchev–Trinajstić information content (AvgIpc) is 2.87. The van der Waals surface area contributed by atoms with Crippen LogP contribution in [0.5, 0.6) is 0 Å². The molecule has 4 nitrogen and oxygen atoms in total. The maximum atomic E-state index is 12.3. The first-order valence-electron chi connectivity index (χ1n) is 6.29. The Morgan fingerprint density at radius 1 is 1.28 bits per heavy atom. The van der Waals surface area contributed by atoms with Crippen molar-refractivity contribution in [2.45, 2.75) is 18.9 Å². The van der Waals surface area contributed by atoms with Crippen LogP contribution >= 0.6 is 0 Å². The summed E-state index contributed by atoms with van der Waals surface area (Å²) in [7, 11) is 0. The van der Waals surface area contributed by atoms with E-state index in [-0.39, 0.29) is 11.9 Å². The number of carbonyl (C=O) groups is 1. The molecule has 1 aromatic heterocycles. The number of aromatic amines is 1. The zero-order valence-corrected chi connectivity index (χ0v) is 10.1. The second-order valence-corrected chi connectivity index (χ2v) is 4.60. The van der Waals surface area contributed by atoms with Crippen molar-refractivity contribution in [1.82, 2.24) is 10.3 Å². The van der Waals surface area contributed by atoms with E-state index in [1.54, 1.807) is 0 Å². The molecular weight excluding hydrogens is 228 g/mol. The van der Waals surface area contributed by atoms with E-state index in [0.717, 1.165) is 42.5 Å². The highest BCUT2D eigenvalue weighted by Gasteiger charge is 2.18. The molecule has 1 amide bonds. The number of benzene rings is 1. The topological polar surface area (TPSA) is 54.1 Å². The van der Waals surface area contributed by atoms with Gasteiger partial charge in [-0.15, -0.1) is 0 Å². The van der Waals surface area contributed by atoms with Crippen LogP contribution in [0.1, 0.15) is 23.2 Å². The number of ether oxygens (including phenoxy) is 1. The number of carbonyl (C=O) groups excluding carboxylic acids is 1. The predicted molar refractivity (Wildman–Crippen MR) is 69.6 cm³/mol. The maximum absolute atomic E-state index is 12.3. The third-order valence-electron chi connectivity index (χ3n) is 3.40. The maximum Gasteiger partial charge on any atom is 0.252 e. The number of fused-ring (bicyclic) bond motifs is 1. The minimum Gasteiger partial charge on any atom is -0.381 e. The smallest absolute Gasteiger partial charge is 0.252 e. The van der Waals surface area contributed by atoms with Gasteiger partial charge in [0.2, 0.25) is 0 Å². The van der Waals surface area contributed by atoms with E-state index in [0.29, 0.717) is 0 Å². The fourth-order valence-electron chi connectivity index (χ4n) is 2.39. The Hall–Kier alpha value is -1.81. The lowest BCUT2D eigenvalue weighted by Gasteiger charge is -2.23. The summed E-state index contributed by atoms with van der Waals surface area (Å²) in [5.41, 5.74) is 1.73. The molecule has 1 aromatic carbocycles. The number of nitrogens with one attached hydrogen (secondary N) is 2. The van der Waals surface area contributed by atoms with Gasteiger partial charge in [-0.3, -0.25) is 4.79 Å². The summed E-state index contributed by atoms with van der Waals surface area (Å²) < 4.78 is 5.29. The summed E-state index contributed by atoms with van der Waals surface area (Å²) in [5, 5.41) is 4.06. The second kappa shape index (κ2) is 4.82. The van der Waals surface area contributed by atoms with Crippen LogP contribution in [0.4, 0.5) is 0 Å². The third kappa shape index (κ3) is 2.11. The van der Waals surface area contributed by atoms with Gasteiger partial charge >= 0.3 is 0 Å². The number of hydrogen-bond acceptors (Lipinski definition) is 2. The largest absolute Gasteiger partial charge is 0.381 e. The number of amides is 1. The normalized spacial score (nSPS) is 16.9. The molecule has 0 bridgehead atoms. The van der Waals surface area contributed by atoms with Gasteiger partial charge in [0, 0.05) is 41.9 Å². The number of hydrogen-bond donors (Lipinski definition) is 2. The number of H-pyrrole nitrogens is 1. The molecule has 0 spiro atoms. The van der Waals surface area contributed by atoms with Crippen molar-refractivity contribution in [1.29, 1.82) is 0 Å². The average molecular weight is 244 g/mol. The summed E-state index contributed by atoms with van der Waals surface area (Å²) in [6.07, 6.45) is 3.65. The first-order chi connectivity index (χ1) is 8.84. The zero-order chi connectivity index (χ0) is 12.4. The van der Waals surface area contributed by atoms with Crippen LogP contribution in [0.25, 0.3) is 10.9 Å². The summed E-state index contributed by atoms with van der Waals surface area (Å²) in [5.74, 6) is 0.00657. The first kappa shape index (κ1) is 11.3. The highest BCUT2D eigenvalue weighted by Crippen LogP contribution is 2.18. The van der Waals surface area contributed by atoms with Crippen molar-refractivity contribution in [2.75, 3.05) is 13.2 Å². The van der Waals surface area contributed by atoms with Gasteiger partial charge in [0.25, 0.3) is 5.91 Å². The van der Waals surface area contributed by atoms with Gasteiger partial charge < -0.3 is 15.0 Å². The van der Waals surface area contributed by atoms with Crippen LogP contribution in [-0.2, 0) is 4.74 Å². The van der Waals surface area contributed by atoms with Crippen molar-refractivity contribution in [3.05, 3.63) is 36.0 Å². The lowest BCUT2D eigenvalue weighted by Crippen LogP contribution is -2.38. The van der Waals surface area contributed by atoms with Gasteiger partial charge in [-0.2, -0.15) is 0 Å². The Balaban J connectivity index is 1.81. The molecule has 0 unspecified atom stereocenters. The van der Waals surface area contributed by atoms with Gasteiger partial charge in [-0.1, -0.05) is 6.07 Å². The van der Waals surface area contributed by atoms with E-state index >= 15 is 0 Å². The summed E-state index contributed by atoms with van der Waals surface area (Å²) in [4.78, 5) is 15.4. The summed E-state index contributed by atoms with van der Waals surface area (Å²) in [6, 6.07) is 7.91. The minimum absolute atomic E-state index is 0.00657. The Bertz CT molecular complexity index is 556. The molecule has 0 radical (unpaired) electrons. The fourth-order valence-corrected chi connectivity index (χ4v) is 2.39. The van der Waals surface area contributed by atoms with Crippen molar-refractivity contribution in [2.24, 2.45) is 0 Å². The molecule has 18 heavy (non-hydrogen) atoms. The molecule has 1 aliphatic rings. The molecular formula is C14H16N2O2. The fraction of sp³-hybridized carbons (Fsp3) is 0.357. The van der Waals surface area contributed by atoms with E-state index in [1.165, 1.54) is 0 Å². The SMILES string of the molecule is O=C(NC1CCOCC1)c1cccc2[nH]ccc12. The minimum atomic E-state index is 0.00657. The van der Waals surface area contributed by atoms with Gasteiger partial charge in [-0.05, 0) is 31.0 Å². The molecule has 1 fully saturated rings. The standard InChI is InChI=1S/C14H16N2O2/c17-14(16-10-5-8-18-9-6-10)12-2-1-3-13-11(12)4-7-15-13/h1-4,7,10,15H,5-6,8-9H2,(H,16,17). The Morgan fingerprint density at radius 3 is 2.94 bits per heavy atom. The molecule has 0 aliphatic carbocycles. The van der Waals surface area contributed by atoms with Crippen LogP contribution in [0, 0.1) is 0 Å². The molecule has 2 heterocycles. The molecule has 2 N–H and O–H groups in total. The van der Waals surface area contributed by atoms with Gasteiger partial charge in [0.15, 0.2) is 0 Å². The molecule has 0 atom stereocenters. The Labute approximate surface area is 105 Å². The van der Waals surface area contributed by atoms with E-state index in [1.807, 2.05) is 30.5 Å². The zero-order valence-electron chi connectivity index (χ0n) is 10.1. The predicted octanol–water partition coefficient (Wildman–Crippen LogP) is 2.08. The third-order valence-corrected chi connectivity index (χ3v) is 3.40. The van der Waals surface area contributed by atoms with E-state index in [4.69, 9.17) is 4.74 Å². The lowest BCUT2D eigenvalue weighted by molar-refractivity contribution is 0.0697. The van der Waals surface area contributed by atoms with Gasteiger partial charge in [-0.25, -0.2) is 0 Å². The molecule has 94 valence electrons. The van der Waals surface area contributed by atoms with Crippen LogP contribution in [-0.4, -0.2) is 30.1 Å². The number of rotatable bonds is 2. The van der Waals surface area contributed by atoms with Gasteiger partial charge in [0.05, 0.1) is 0 Å². The quantitative estimate of drug-likeness (QED) is 0.849. The highest BCUT2D eigenvalue weighted by atomic mass is 16.5. The van der Waals surface area contributed by atoms with Crippen LogP contribution in [0.15, 0.2) is 30.5 Å². The number of aromatic nitrogens is 1. The van der Waals surface area contributed by atoms with Crippen LogP contribution in [0.2, 0.25) is 0 Å². The van der Waals surface area contributed by atoms with Crippen LogP contribution < -0.4 is 5.32 Å². The monoisotopic (exact) mass is 244 g/mol. The van der Waals surface area contributed by atoms with Gasteiger partial charge in [0.1, 0.15) is 0 Å². The van der Waals surface area contributed by atoms with Crippen molar-refractivity contribution < 1.29 is 9.53 Å². The molecule has 2 aromatic rings. The van der Waals surface area contributed by atoms with Crippen LogP contribution in [0.3, 0.4) is 0 Å². The van der Waals surface area contributed by atoms with E-state index in [2.05, 4.69) is 10.3 Å². The molecule has 0 saturated carbocycles. The summed E-state index contributed by atoms with van der Waals surface area (Å²) in [6.45, 7) is 1.47. The molecule has 4 heteroatoms. The first-order valence-corrected chi connectivity index (χ1v) is 6.29. The Kier molecular flexibility index (Phi) is 3.02. The lowest BCUT2D eigenvalue weighted by atomic mass is 10.1. The summed E-state index contributed by atoms with van der Waals surface area (Å²) >= 11 is 0. The van der Waals surface area contributed by atoms with E-state index < -0.39 is 0 Å². The molecule has 1 aliphatic heterocycles. The second-order valence-electron chi connectivity index (χ2n) is 4.60. The Morgan fingerprint density at radius 2 is 2.11 bits per heavy atom. The highest BCUT2D eigenvalue weighted by molar-refractivity contribution is 6.06. The molecule has 3 rings (SSSR count). The van der Waals surface area contributed by atoms with Crippen molar-refractivity contribution in [3.63, 3.8) is 0 Å². The van der Waals surface area contributed by atoms with E-state index in [9.17, 15) is 4.79 Å². The van der Waals surface area contributed by atoms with Crippen molar-refractivity contribution in [3.8, 4) is 0 Å².